The van der Waals surface area contributed by atoms with Crippen LogP contribution in [0.1, 0.15) is 45.0 Å². The van der Waals surface area contributed by atoms with Crippen LogP contribution in [0.3, 0.4) is 0 Å². The van der Waals surface area contributed by atoms with Gasteiger partial charge in [0.25, 0.3) is 0 Å². The molecule has 1 saturated heterocycles. The number of carbonyl (C=O) groups excluding carboxylic acids is 1. The van der Waals surface area contributed by atoms with E-state index < -0.39 is 5.60 Å². The molecule has 2 N–H and O–H groups in total. The number of anilines is 1. The minimum absolute atomic E-state index is 0.148. The van der Waals surface area contributed by atoms with Gasteiger partial charge in [0.1, 0.15) is 5.01 Å². The van der Waals surface area contributed by atoms with Gasteiger partial charge in [0, 0.05) is 13.0 Å². The first kappa shape index (κ1) is 15.2. The van der Waals surface area contributed by atoms with E-state index in [1.165, 1.54) is 11.3 Å². The highest BCUT2D eigenvalue weighted by atomic mass is 32.1. The highest BCUT2D eigenvalue weighted by Gasteiger charge is 2.38. The summed E-state index contributed by atoms with van der Waals surface area (Å²) in [4.78, 5) is 14.0. The molecule has 7 heteroatoms. The Kier molecular flexibility index (Phi) is 4.59. The van der Waals surface area contributed by atoms with Crippen molar-refractivity contribution in [2.24, 2.45) is 0 Å². The molecule has 0 saturated carbocycles. The van der Waals surface area contributed by atoms with Crippen LogP contribution in [0.4, 0.5) is 9.93 Å². The topological polar surface area (TPSA) is 78.4 Å². The van der Waals surface area contributed by atoms with E-state index in [0.29, 0.717) is 11.7 Å². The van der Waals surface area contributed by atoms with Gasteiger partial charge in [0.15, 0.2) is 0 Å². The predicted molar refractivity (Wildman–Crippen MR) is 78.9 cm³/mol. The zero-order valence-corrected chi connectivity index (χ0v) is 13.0. The molecule has 6 nitrogen and oxygen atoms in total. The van der Waals surface area contributed by atoms with Crippen LogP contribution in [0.15, 0.2) is 0 Å². The van der Waals surface area contributed by atoms with Crippen molar-refractivity contribution in [1.82, 2.24) is 15.1 Å². The molecule has 1 atom stereocenters. The lowest BCUT2D eigenvalue weighted by molar-refractivity contribution is 0.0117. The Labute approximate surface area is 123 Å². The maximum atomic E-state index is 12.3. The van der Waals surface area contributed by atoms with Gasteiger partial charge in [-0.25, -0.2) is 4.79 Å². The summed E-state index contributed by atoms with van der Waals surface area (Å²) in [5.41, 5.74) is -0.887. The highest BCUT2D eigenvalue weighted by Crippen LogP contribution is 2.27. The number of amides is 2. The minimum Gasteiger partial charge on any atom is -0.388 e. The van der Waals surface area contributed by atoms with Crippen LogP contribution in [-0.2, 0) is 6.42 Å². The van der Waals surface area contributed by atoms with Crippen LogP contribution >= 0.6 is 11.3 Å². The molecule has 2 amide bonds. The number of aliphatic hydroxyl groups is 1. The number of aromatic nitrogens is 2. The second-order valence-corrected chi connectivity index (χ2v) is 6.75. The van der Waals surface area contributed by atoms with E-state index in [2.05, 4.69) is 22.4 Å². The number of urea groups is 1. The van der Waals surface area contributed by atoms with Crippen molar-refractivity contribution >= 4 is 22.5 Å². The first-order valence-corrected chi connectivity index (χ1v) is 7.86. The maximum absolute atomic E-state index is 12.3. The van der Waals surface area contributed by atoms with Gasteiger partial charge >= 0.3 is 6.03 Å². The fraction of sp³-hybridized carbons (Fsp3) is 0.769. The second kappa shape index (κ2) is 6.05. The van der Waals surface area contributed by atoms with Crippen molar-refractivity contribution in [3.05, 3.63) is 5.01 Å². The monoisotopic (exact) mass is 298 g/mol. The number of nitrogens with zero attached hydrogens (tertiary/aromatic N) is 3. The van der Waals surface area contributed by atoms with Crippen molar-refractivity contribution < 1.29 is 9.90 Å². The van der Waals surface area contributed by atoms with Crippen molar-refractivity contribution in [2.75, 3.05) is 11.9 Å². The number of hydrogen-bond acceptors (Lipinski definition) is 5. The summed E-state index contributed by atoms with van der Waals surface area (Å²) in [5.74, 6) is 0. The van der Waals surface area contributed by atoms with E-state index in [1.54, 1.807) is 18.7 Å². The zero-order chi connectivity index (χ0) is 14.8. The smallest absolute Gasteiger partial charge is 0.324 e. The Balaban J connectivity index is 2.00. The summed E-state index contributed by atoms with van der Waals surface area (Å²) >= 11 is 1.41. The molecule has 1 aromatic heterocycles. The number of likely N-dealkylation sites (tertiary alicyclic amines) is 1. The molecule has 1 fully saturated rings. The van der Waals surface area contributed by atoms with Crippen LogP contribution < -0.4 is 5.32 Å². The van der Waals surface area contributed by atoms with Crippen LogP contribution in [0, 0.1) is 0 Å². The molecule has 1 aliphatic rings. The van der Waals surface area contributed by atoms with Crippen LogP contribution in [0.5, 0.6) is 0 Å². The van der Waals surface area contributed by atoms with Crippen LogP contribution in [0.25, 0.3) is 0 Å². The van der Waals surface area contributed by atoms with Crippen LogP contribution in [0.2, 0.25) is 0 Å². The molecule has 0 spiro atoms. The Morgan fingerprint density at radius 2 is 2.30 bits per heavy atom. The number of nitrogens with one attached hydrogen (secondary N) is 1. The van der Waals surface area contributed by atoms with Crippen molar-refractivity contribution in [2.45, 2.75) is 58.1 Å². The molecular weight excluding hydrogens is 276 g/mol. The summed E-state index contributed by atoms with van der Waals surface area (Å²) in [6, 6.07) is -0.348. The Morgan fingerprint density at radius 3 is 2.95 bits per heavy atom. The normalized spacial score (nSPS) is 19.4. The predicted octanol–water partition coefficient (Wildman–Crippen LogP) is 2.26. The first-order valence-electron chi connectivity index (χ1n) is 7.04. The Morgan fingerprint density at radius 1 is 1.55 bits per heavy atom. The molecule has 0 aromatic carbocycles. The summed E-state index contributed by atoms with van der Waals surface area (Å²) < 4.78 is 0. The number of aryl methyl sites for hydroxylation is 1. The Hall–Kier alpha value is -1.21. The van der Waals surface area contributed by atoms with Crippen molar-refractivity contribution in [1.29, 1.82) is 0 Å². The Bertz CT molecular complexity index is 469. The lowest BCUT2D eigenvalue weighted by Gasteiger charge is -2.33. The average Bonchev–Trinajstić information content (AvgIpc) is 2.97. The number of hydrogen-bond donors (Lipinski definition) is 2. The zero-order valence-electron chi connectivity index (χ0n) is 12.2. The lowest BCUT2D eigenvalue weighted by Crippen LogP contribution is -2.49. The molecule has 1 aromatic rings. The molecule has 2 heterocycles. The largest absolute Gasteiger partial charge is 0.388 e. The average molecular weight is 298 g/mol. The third-order valence-electron chi connectivity index (χ3n) is 3.47. The lowest BCUT2D eigenvalue weighted by atomic mass is 9.97. The van der Waals surface area contributed by atoms with E-state index in [-0.39, 0.29) is 12.1 Å². The summed E-state index contributed by atoms with van der Waals surface area (Å²) in [7, 11) is 0. The van der Waals surface area contributed by atoms with Gasteiger partial charge in [-0.1, -0.05) is 18.3 Å². The van der Waals surface area contributed by atoms with Gasteiger partial charge < -0.3 is 10.0 Å². The molecule has 0 aliphatic carbocycles. The molecule has 2 rings (SSSR count). The number of rotatable bonds is 4. The van der Waals surface area contributed by atoms with Gasteiger partial charge in [-0.3, -0.25) is 5.32 Å². The third-order valence-corrected chi connectivity index (χ3v) is 4.37. The standard InChI is InChI=1S/C13H22N4O2S/c1-4-6-10-15-16-11(20-10)14-12(18)17-8-5-7-9(17)13(2,3)19/h9,19H,4-8H2,1-3H3,(H,14,16,18). The van der Waals surface area contributed by atoms with Gasteiger partial charge in [-0.2, -0.15) is 0 Å². The first-order chi connectivity index (χ1) is 9.41. The van der Waals surface area contributed by atoms with Gasteiger partial charge in [0.2, 0.25) is 5.13 Å². The fourth-order valence-corrected chi connectivity index (χ4v) is 3.36. The molecular formula is C13H22N4O2S. The van der Waals surface area contributed by atoms with Crippen molar-refractivity contribution in [3.63, 3.8) is 0 Å². The third kappa shape index (κ3) is 3.46. The maximum Gasteiger partial charge on any atom is 0.324 e. The molecule has 1 unspecified atom stereocenters. The second-order valence-electron chi connectivity index (χ2n) is 5.69. The van der Waals surface area contributed by atoms with Gasteiger partial charge in [-0.05, 0) is 33.1 Å². The molecule has 0 radical (unpaired) electrons. The van der Waals surface area contributed by atoms with E-state index in [1.807, 2.05) is 0 Å². The van der Waals surface area contributed by atoms with E-state index in [9.17, 15) is 9.90 Å². The summed E-state index contributed by atoms with van der Waals surface area (Å²) in [5, 5.41) is 22.4. The number of carbonyl (C=O) groups is 1. The van der Waals surface area contributed by atoms with Gasteiger partial charge in [0.05, 0.1) is 11.6 Å². The highest BCUT2D eigenvalue weighted by molar-refractivity contribution is 7.15. The van der Waals surface area contributed by atoms with E-state index >= 15 is 0 Å². The van der Waals surface area contributed by atoms with Crippen molar-refractivity contribution in [3.8, 4) is 0 Å². The van der Waals surface area contributed by atoms with E-state index in [4.69, 9.17) is 0 Å². The SMILES string of the molecule is CCCc1nnc(NC(=O)N2CCCC2C(C)(C)O)s1. The molecule has 0 bridgehead atoms. The molecule has 20 heavy (non-hydrogen) atoms. The molecule has 1 aliphatic heterocycles. The summed E-state index contributed by atoms with van der Waals surface area (Å²) in [6.07, 6.45) is 3.63. The molecule has 112 valence electrons. The van der Waals surface area contributed by atoms with Gasteiger partial charge in [-0.15, -0.1) is 10.2 Å². The quantitative estimate of drug-likeness (QED) is 0.893. The van der Waals surface area contributed by atoms with Crippen LogP contribution in [-0.4, -0.2) is 44.4 Å². The minimum atomic E-state index is -0.887. The van der Waals surface area contributed by atoms with E-state index in [0.717, 1.165) is 30.7 Å². The summed E-state index contributed by atoms with van der Waals surface area (Å²) in [6.45, 7) is 6.24. The fourth-order valence-electron chi connectivity index (χ4n) is 2.53.